The summed E-state index contributed by atoms with van der Waals surface area (Å²) in [7, 11) is -6.66. The summed E-state index contributed by atoms with van der Waals surface area (Å²) in [5.41, 5.74) is 0.846. The molecule has 0 aliphatic heterocycles. The van der Waals surface area contributed by atoms with Crippen molar-refractivity contribution in [2.45, 2.75) is 12.6 Å². The largest absolute Gasteiger partial charge is 2.00 e. The summed E-state index contributed by atoms with van der Waals surface area (Å²) in [5.74, 6) is 0. The van der Waals surface area contributed by atoms with Gasteiger partial charge in [-0.3, -0.25) is 0 Å². The Labute approximate surface area is 176 Å². The molecule has 0 spiro atoms. The predicted molar refractivity (Wildman–Crippen MR) is 88.7 cm³/mol. The molecule has 132 valence electrons. The van der Waals surface area contributed by atoms with Crippen LogP contribution in [0.5, 0.6) is 0 Å². The molecule has 0 aliphatic rings. The Hall–Kier alpha value is -0.0803. The number of aliphatic hydroxyl groups excluding tert-OH is 2. The zero-order chi connectivity index (χ0) is 17.9. The molecule has 0 bridgehead atoms. The second kappa shape index (κ2) is 14.0. The Bertz CT molecular complexity index is 586. The second-order valence-electron chi connectivity index (χ2n) is 4.26. The van der Waals surface area contributed by atoms with E-state index in [0.29, 0.717) is 11.1 Å². The maximum Gasteiger partial charge on any atom is 2.00 e. The van der Waals surface area contributed by atoms with E-state index in [2.05, 4.69) is 9.05 Å². The first kappa shape index (κ1) is 24.9. The Kier molecular flexibility index (Phi) is 14.0. The molecule has 0 aromatic heterocycles. The summed E-state index contributed by atoms with van der Waals surface area (Å²) in [6.07, 6.45) is -2.76. The van der Waals surface area contributed by atoms with Crippen LogP contribution in [-0.2, 0) is 18.2 Å². The molecule has 0 radical (unpaired) electrons. The van der Waals surface area contributed by atoms with Crippen molar-refractivity contribution < 1.29 is 38.2 Å². The molecule has 4 unspecified atom stereocenters. The molecule has 8 nitrogen and oxygen atoms in total. The first-order valence-corrected chi connectivity index (χ1v) is 9.06. The van der Waals surface area contributed by atoms with Gasteiger partial charge in [-0.2, -0.15) is 0 Å². The molecular formula is C14H16CaO8P2. The van der Waals surface area contributed by atoms with Crippen molar-refractivity contribution in [3.63, 3.8) is 0 Å². The van der Waals surface area contributed by atoms with E-state index < -0.39 is 29.1 Å². The number of hydrogen-bond acceptors (Lipinski definition) is 8. The van der Waals surface area contributed by atoms with Crippen LogP contribution < -0.4 is 9.79 Å². The third-order valence-corrected chi connectivity index (χ3v) is 3.42. The van der Waals surface area contributed by atoms with E-state index in [4.69, 9.17) is 10.2 Å². The van der Waals surface area contributed by atoms with Gasteiger partial charge in [-0.1, -0.05) is 60.7 Å². The number of aliphatic hydroxyl groups is 2. The molecule has 25 heavy (non-hydrogen) atoms. The Morgan fingerprint density at radius 2 is 1.00 bits per heavy atom. The van der Waals surface area contributed by atoms with Gasteiger partial charge in [0.2, 0.25) is 0 Å². The van der Waals surface area contributed by atoms with E-state index in [0.717, 1.165) is 0 Å². The molecule has 0 saturated carbocycles. The van der Waals surface area contributed by atoms with Crippen LogP contribution in [0.4, 0.5) is 0 Å². The van der Waals surface area contributed by atoms with E-state index in [1.807, 2.05) is 0 Å². The van der Waals surface area contributed by atoms with Gasteiger partial charge >= 0.3 is 37.7 Å². The SMILES string of the molecule is O=[PH]([O-])OC(O)c1ccccc1.O=[PH]([O-])OC(O)c1ccccc1.[Ca+2]. The van der Waals surface area contributed by atoms with Crippen molar-refractivity contribution in [2.24, 2.45) is 0 Å². The molecule has 11 heteroatoms. The fraction of sp³-hybridized carbons (Fsp3) is 0.143. The summed E-state index contributed by atoms with van der Waals surface area (Å²) < 4.78 is 28.5. The number of benzene rings is 2. The van der Waals surface area contributed by atoms with Crippen LogP contribution in [0.2, 0.25) is 0 Å². The maximum atomic E-state index is 10.1. The zero-order valence-corrected chi connectivity index (χ0v) is 17.2. The van der Waals surface area contributed by atoms with Gasteiger partial charge in [0.15, 0.2) is 12.6 Å². The average Bonchev–Trinajstić information content (AvgIpc) is 2.56. The van der Waals surface area contributed by atoms with E-state index in [-0.39, 0.29) is 37.7 Å². The van der Waals surface area contributed by atoms with Gasteiger partial charge in [0.1, 0.15) is 16.5 Å². The third kappa shape index (κ3) is 11.3. The van der Waals surface area contributed by atoms with E-state index in [1.165, 1.54) is 0 Å². The minimum Gasteiger partial charge on any atom is -0.781 e. The van der Waals surface area contributed by atoms with Gasteiger partial charge in [0.25, 0.3) is 0 Å². The van der Waals surface area contributed by atoms with E-state index in [9.17, 15) is 18.9 Å². The summed E-state index contributed by atoms with van der Waals surface area (Å²) in [4.78, 5) is 20.1. The molecule has 0 saturated heterocycles. The molecule has 2 aromatic carbocycles. The molecule has 0 fully saturated rings. The van der Waals surface area contributed by atoms with Gasteiger partial charge in [-0.25, -0.2) is 0 Å². The standard InChI is InChI=1S/2C7H9O4P.Ca/c2*8-7(11-12(9)10)6-4-2-1-3-5-6;/h2*1-5,7-8,12H,(H,9,10);/q;;+2/p-2. The van der Waals surface area contributed by atoms with Gasteiger partial charge in [-0.05, 0) is 0 Å². The van der Waals surface area contributed by atoms with Crippen LogP contribution in [0.3, 0.4) is 0 Å². The first-order chi connectivity index (χ1) is 11.4. The van der Waals surface area contributed by atoms with Gasteiger partial charge < -0.3 is 38.2 Å². The quantitative estimate of drug-likeness (QED) is 0.396. The number of rotatable bonds is 6. The molecule has 0 aliphatic carbocycles. The smallest absolute Gasteiger partial charge is 0.781 e. The Morgan fingerprint density at radius 1 is 0.720 bits per heavy atom. The Morgan fingerprint density at radius 3 is 1.24 bits per heavy atom. The van der Waals surface area contributed by atoms with Crippen molar-refractivity contribution in [1.82, 2.24) is 0 Å². The fourth-order valence-corrected chi connectivity index (χ4v) is 2.19. The third-order valence-electron chi connectivity index (χ3n) is 2.59. The van der Waals surface area contributed by atoms with Crippen LogP contribution >= 0.6 is 16.5 Å². The van der Waals surface area contributed by atoms with Gasteiger partial charge in [0.05, 0.1) is 0 Å². The molecule has 0 amide bonds. The normalized spacial score (nSPS) is 14.9. The molecule has 2 rings (SSSR count). The van der Waals surface area contributed by atoms with Crippen molar-refractivity contribution >= 4 is 54.2 Å². The van der Waals surface area contributed by atoms with E-state index in [1.54, 1.807) is 60.7 Å². The van der Waals surface area contributed by atoms with Crippen molar-refractivity contribution in [2.75, 3.05) is 0 Å². The van der Waals surface area contributed by atoms with Crippen LogP contribution in [-0.4, -0.2) is 48.0 Å². The van der Waals surface area contributed by atoms with Crippen LogP contribution in [0.15, 0.2) is 60.7 Å². The van der Waals surface area contributed by atoms with Crippen LogP contribution in [0.25, 0.3) is 0 Å². The molecule has 2 aromatic rings. The Balaban J connectivity index is 0.000000443. The average molecular weight is 414 g/mol. The predicted octanol–water partition coefficient (Wildman–Crippen LogP) is 0.507. The summed E-state index contributed by atoms with van der Waals surface area (Å²) in [6.45, 7) is 0. The fourth-order valence-electron chi connectivity index (χ4n) is 1.55. The zero-order valence-electron chi connectivity index (χ0n) is 13.0. The van der Waals surface area contributed by atoms with Gasteiger partial charge in [0, 0.05) is 11.1 Å². The van der Waals surface area contributed by atoms with Crippen molar-refractivity contribution in [3.8, 4) is 0 Å². The molecule has 2 N–H and O–H groups in total. The first-order valence-electron chi connectivity index (χ1n) is 6.61. The summed E-state index contributed by atoms with van der Waals surface area (Å²) >= 11 is 0. The molecular weight excluding hydrogens is 398 g/mol. The monoisotopic (exact) mass is 414 g/mol. The summed E-state index contributed by atoms with van der Waals surface area (Å²) in [6, 6.07) is 16.6. The van der Waals surface area contributed by atoms with Crippen molar-refractivity contribution in [1.29, 1.82) is 0 Å². The van der Waals surface area contributed by atoms with Crippen molar-refractivity contribution in [3.05, 3.63) is 71.8 Å². The topological polar surface area (TPSA) is 139 Å². The van der Waals surface area contributed by atoms with Crippen LogP contribution in [0.1, 0.15) is 23.7 Å². The minimum atomic E-state index is -3.33. The molecule has 4 atom stereocenters. The number of hydrogen-bond donors (Lipinski definition) is 2. The van der Waals surface area contributed by atoms with Crippen LogP contribution in [0, 0.1) is 0 Å². The second-order valence-corrected chi connectivity index (χ2v) is 5.73. The van der Waals surface area contributed by atoms with Gasteiger partial charge in [-0.15, -0.1) is 0 Å². The maximum absolute atomic E-state index is 10.1. The minimum absolute atomic E-state index is 0. The molecule has 0 heterocycles. The van der Waals surface area contributed by atoms with E-state index >= 15 is 0 Å². The summed E-state index contributed by atoms with van der Waals surface area (Å²) in [5, 5.41) is 18.2.